The van der Waals surface area contributed by atoms with Gasteiger partial charge in [-0.3, -0.25) is 4.79 Å². The van der Waals surface area contributed by atoms with Crippen LogP contribution in [-0.2, 0) is 4.79 Å². The van der Waals surface area contributed by atoms with Crippen LogP contribution in [0, 0.1) is 5.41 Å². The number of nitrogens with two attached hydrogens (primary N) is 1. The largest absolute Gasteiger partial charge is 0.497 e. The van der Waals surface area contributed by atoms with Gasteiger partial charge in [-0.05, 0) is 36.5 Å². The summed E-state index contributed by atoms with van der Waals surface area (Å²) in [6, 6.07) is 7.56. The van der Waals surface area contributed by atoms with E-state index in [4.69, 9.17) is 10.5 Å². The van der Waals surface area contributed by atoms with Gasteiger partial charge in [-0.1, -0.05) is 32.9 Å². The number of benzene rings is 1. The Balaban J connectivity index is 2.49. The fraction of sp³-hybridized carbons (Fsp3) is 0.588. The van der Waals surface area contributed by atoms with Crippen molar-refractivity contribution in [2.75, 3.05) is 7.11 Å². The second-order valence-electron chi connectivity index (χ2n) is 6.79. The maximum atomic E-state index is 12.0. The van der Waals surface area contributed by atoms with Crippen molar-refractivity contribution in [3.63, 3.8) is 0 Å². The molecule has 1 aromatic carbocycles. The molecule has 0 aliphatic heterocycles. The molecule has 0 heterocycles. The highest BCUT2D eigenvalue weighted by Gasteiger charge is 2.19. The number of carbonyl (C=O) groups is 1. The first-order valence-electron chi connectivity index (χ1n) is 7.40. The van der Waals surface area contributed by atoms with E-state index in [1.807, 2.05) is 31.2 Å². The maximum absolute atomic E-state index is 12.0. The maximum Gasteiger partial charge on any atom is 0.222 e. The first-order chi connectivity index (χ1) is 9.71. The summed E-state index contributed by atoms with van der Waals surface area (Å²) >= 11 is 0. The van der Waals surface area contributed by atoms with Gasteiger partial charge in [0.1, 0.15) is 5.75 Å². The van der Waals surface area contributed by atoms with E-state index in [1.54, 1.807) is 7.11 Å². The van der Waals surface area contributed by atoms with Gasteiger partial charge in [0.25, 0.3) is 0 Å². The third-order valence-electron chi connectivity index (χ3n) is 3.32. The molecule has 0 saturated heterocycles. The van der Waals surface area contributed by atoms with Crippen LogP contribution in [0.4, 0.5) is 0 Å². The number of hydrogen-bond acceptors (Lipinski definition) is 3. The third kappa shape index (κ3) is 6.63. The standard InChI is InChI=1S/C17H28N2O2/c1-12(13-6-8-15(21-5)9-7-13)19-16(20)10-14(18)11-17(2,3)4/h6-9,12,14H,10-11,18H2,1-5H3,(H,19,20). The van der Waals surface area contributed by atoms with Crippen molar-refractivity contribution in [3.05, 3.63) is 29.8 Å². The summed E-state index contributed by atoms with van der Waals surface area (Å²) < 4.78 is 5.13. The van der Waals surface area contributed by atoms with Crippen LogP contribution in [-0.4, -0.2) is 19.1 Å². The van der Waals surface area contributed by atoms with Crippen LogP contribution in [0.25, 0.3) is 0 Å². The van der Waals surface area contributed by atoms with Crippen molar-refractivity contribution in [1.29, 1.82) is 0 Å². The van der Waals surface area contributed by atoms with Gasteiger partial charge < -0.3 is 15.8 Å². The molecule has 21 heavy (non-hydrogen) atoms. The van der Waals surface area contributed by atoms with Crippen LogP contribution in [0.5, 0.6) is 5.75 Å². The number of ether oxygens (including phenoxy) is 1. The number of methoxy groups -OCH3 is 1. The van der Waals surface area contributed by atoms with E-state index < -0.39 is 0 Å². The van der Waals surface area contributed by atoms with Crippen LogP contribution >= 0.6 is 0 Å². The summed E-state index contributed by atoms with van der Waals surface area (Å²) in [4.78, 5) is 12.0. The summed E-state index contributed by atoms with van der Waals surface area (Å²) in [5, 5.41) is 2.99. The molecule has 0 fully saturated rings. The van der Waals surface area contributed by atoms with Gasteiger partial charge in [-0.15, -0.1) is 0 Å². The van der Waals surface area contributed by atoms with Gasteiger partial charge in [-0.2, -0.15) is 0 Å². The number of hydrogen-bond donors (Lipinski definition) is 2. The first kappa shape index (κ1) is 17.5. The lowest BCUT2D eigenvalue weighted by atomic mass is 9.87. The molecule has 0 saturated carbocycles. The van der Waals surface area contributed by atoms with Crippen molar-refractivity contribution in [2.45, 2.75) is 52.6 Å². The molecule has 4 heteroatoms. The van der Waals surface area contributed by atoms with E-state index >= 15 is 0 Å². The Hall–Kier alpha value is -1.55. The van der Waals surface area contributed by atoms with Gasteiger partial charge >= 0.3 is 0 Å². The van der Waals surface area contributed by atoms with E-state index in [0.717, 1.165) is 17.7 Å². The molecule has 0 aliphatic rings. The molecule has 1 amide bonds. The minimum absolute atomic E-state index is 0.00457. The highest BCUT2D eigenvalue weighted by molar-refractivity contribution is 5.77. The van der Waals surface area contributed by atoms with Gasteiger partial charge in [0.05, 0.1) is 13.2 Å². The predicted octanol–water partition coefficient (Wildman–Crippen LogP) is 3.03. The second kappa shape index (κ2) is 7.46. The molecule has 0 radical (unpaired) electrons. The molecule has 0 aromatic heterocycles. The summed E-state index contributed by atoms with van der Waals surface area (Å²) in [5.41, 5.74) is 7.23. The molecule has 3 N–H and O–H groups in total. The predicted molar refractivity (Wildman–Crippen MR) is 86.2 cm³/mol. The van der Waals surface area contributed by atoms with Crippen molar-refractivity contribution in [3.8, 4) is 5.75 Å². The molecule has 1 rings (SSSR count). The molecule has 1 aromatic rings. The van der Waals surface area contributed by atoms with Crippen LogP contribution in [0.15, 0.2) is 24.3 Å². The van der Waals surface area contributed by atoms with E-state index in [1.165, 1.54) is 0 Å². The Morgan fingerprint density at radius 1 is 1.29 bits per heavy atom. The normalized spacial score (nSPS) is 14.4. The quantitative estimate of drug-likeness (QED) is 0.847. The van der Waals surface area contributed by atoms with Crippen LogP contribution in [0.3, 0.4) is 0 Å². The van der Waals surface area contributed by atoms with Gasteiger partial charge in [0, 0.05) is 12.5 Å². The smallest absolute Gasteiger partial charge is 0.222 e. The van der Waals surface area contributed by atoms with Gasteiger partial charge in [0.2, 0.25) is 5.91 Å². The monoisotopic (exact) mass is 292 g/mol. The first-order valence-corrected chi connectivity index (χ1v) is 7.40. The minimum Gasteiger partial charge on any atom is -0.497 e. The molecule has 0 bridgehead atoms. The summed E-state index contributed by atoms with van der Waals surface area (Å²) in [6.45, 7) is 8.36. The molecule has 118 valence electrons. The summed E-state index contributed by atoms with van der Waals surface area (Å²) in [7, 11) is 1.64. The molecule has 4 nitrogen and oxygen atoms in total. The fourth-order valence-corrected chi connectivity index (χ4v) is 2.37. The number of nitrogens with one attached hydrogen (secondary N) is 1. The number of carbonyl (C=O) groups excluding carboxylic acids is 1. The molecule has 0 aliphatic carbocycles. The Labute approximate surface area is 128 Å². The molecular weight excluding hydrogens is 264 g/mol. The lowest BCUT2D eigenvalue weighted by Gasteiger charge is -2.23. The highest BCUT2D eigenvalue weighted by Crippen LogP contribution is 2.21. The minimum atomic E-state index is -0.104. The molecule has 2 unspecified atom stereocenters. The zero-order chi connectivity index (χ0) is 16.0. The van der Waals surface area contributed by atoms with Crippen molar-refractivity contribution in [2.24, 2.45) is 11.1 Å². The van der Waals surface area contributed by atoms with Gasteiger partial charge in [-0.25, -0.2) is 0 Å². The number of amides is 1. The topological polar surface area (TPSA) is 64.3 Å². The van der Waals surface area contributed by atoms with Crippen LogP contribution < -0.4 is 15.8 Å². The van der Waals surface area contributed by atoms with Crippen LogP contribution in [0.2, 0.25) is 0 Å². The van der Waals surface area contributed by atoms with E-state index in [-0.39, 0.29) is 23.4 Å². The van der Waals surface area contributed by atoms with Crippen molar-refractivity contribution >= 4 is 5.91 Å². The Bertz CT molecular complexity index is 449. The molecule has 0 spiro atoms. The van der Waals surface area contributed by atoms with E-state index in [0.29, 0.717) is 6.42 Å². The van der Waals surface area contributed by atoms with Crippen molar-refractivity contribution in [1.82, 2.24) is 5.32 Å². The lowest BCUT2D eigenvalue weighted by Crippen LogP contribution is -2.35. The van der Waals surface area contributed by atoms with E-state index in [9.17, 15) is 4.79 Å². The zero-order valence-electron chi connectivity index (χ0n) is 13.8. The fourth-order valence-electron chi connectivity index (χ4n) is 2.37. The second-order valence-corrected chi connectivity index (χ2v) is 6.79. The zero-order valence-corrected chi connectivity index (χ0v) is 13.8. The SMILES string of the molecule is COc1ccc(C(C)NC(=O)CC(N)CC(C)(C)C)cc1. The Morgan fingerprint density at radius 2 is 1.86 bits per heavy atom. The molecular formula is C17H28N2O2. The Kier molecular flexibility index (Phi) is 6.21. The third-order valence-corrected chi connectivity index (χ3v) is 3.32. The lowest BCUT2D eigenvalue weighted by molar-refractivity contribution is -0.122. The summed E-state index contributed by atoms with van der Waals surface area (Å²) in [6.07, 6.45) is 1.19. The average Bonchev–Trinajstić information content (AvgIpc) is 2.36. The van der Waals surface area contributed by atoms with E-state index in [2.05, 4.69) is 26.1 Å². The molecule has 2 atom stereocenters. The Morgan fingerprint density at radius 3 is 2.33 bits per heavy atom. The van der Waals surface area contributed by atoms with Crippen LogP contribution in [0.1, 0.15) is 52.1 Å². The van der Waals surface area contributed by atoms with Gasteiger partial charge in [0.15, 0.2) is 0 Å². The highest BCUT2D eigenvalue weighted by atomic mass is 16.5. The average molecular weight is 292 g/mol. The van der Waals surface area contributed by atoms with Crippen molar-refractivity contribution < 1.29 is 9.53 Å². The number of rotatable bonds is 6. The summed E-state index contributed by atoms with van der Waals surface area (Å²) in [5.74, 6) is 0.805.